The van der Waals surface area contributed by atoms with Gasteiger partial charge in [0.05, 0.1) is 0 Å². The van der Waals surface area contributed by atoms with E-state index >= 15 is 0 Å². The average molecular weight is 249 g/mol. The predicted octanol–water partition coefficient (Wildman–Crippen LogP) is 3.98. The zero-order chi connectivity index (χ0) is 12.5. The molecular weight excluding hydrogens is 230 g/mol. The molecular formula is C14H19NOS. The topological polar surface area (TPSA) is 29.1 Å². The fourth-order valence-corrected chi connectivity index (χ4v) is 2.34. The van der Waals surface area contributed by atoms with E-state index in [1.807, 2.05) is 36.4 Å². The first kappa shape index (κ1) is 13.8. The molecule has 1 atom stereocenters. The molecule has 0 unspecified atom stereocenters. The second kappa shape index (κ2) is 7.96. The van der Waals surface area contributed by atoms with Crippen LogP contribution in [0.5, 0.6) is 0 Å². The van der Waals surface area contributed by atoms with E-state index in [1.165, 1.54) is 11.8 Å². The van der Waals surface area contributed by atoms with Crippen LogP contribution in [0.3, 0.4) is 0 Å². The molecule has 3 heteroatoms. The van der Waals surface area contributed by atoms with Gasteiger partial charge in [0.25, 0.3) is 5.24 Å². The molecule has 1 amide bonds. The van der Waals surface area contributed by atoms with Crippen LogP contribution in [0.15, 0.2) is 43.0 Å². The smallest absolute Gasteiger partial charge is 0.279 e. The van der Waals surface area contributed by atoms with Crippen molar-refractivity contribution in [2.24, 2.45) is 0 Å². The minimum Gasteiger partial charge on any atom is -0.343 e. The number of hydrogen-bond acceptors (Lipinski definition) is 2. The summed E-state index contributed by atoms with van der Waals surface area (Å²) in [6, 6.07) is 9.91. The Bertz CT molecular complexity index is 350. The number of carbonyl (C=O) groups excluding carboxylic acids is 1. The van der Waals surface area contributed by atoms with E-state index in [2.05, 4.69) is 18.8 Å². The molecule has 0 fully saturated rings. The van der Waals surface area contributed by atoms with Crippen LogP contribution in [0.1, 0.15) is 25.3 Å². The van der Waals surface area contributed by atoms with Crippen LogP contribution in [0.2, 0.25) is 0 Å². The van der Waals surface area contributed by atoms with Gasteiger partial charge in [0, 0.05) is 11.8 Å². The van der Waals surface area contributed by atoms with Crippen LogP contribution >= 0.6 is 11.8 Å². The number of thioether (sulfide) groups is 1. The zero-order valence-corrected chi connectivity index (χ0v) is 11.0. The summed E-state index contributed by atoms with van der Waals surface area (Å²) in [5.41, 5.74) is 1.12. The van der Waals surface area contributed by atoms with Gasteiger partial charge in [-0.15, -0.1) is 6.58 Å². The van der Waals surface area contributed by atoms with Gasteiger partial charge in [0.2, 0.25) is 0 Å². The Balaban J connectivity index is 2.32. The molecule has 17 heavy (non-hydrogen) atoms. The number of benzene rings is 1. The van der Waals surface area contributed by atoms with E-state index in [4.69, 9.17) is 0 Å². The fraction of sp³-hybridized carbons (Fsp3) is 0.357. The van der Waals surface area contributed by atoms with E-state index < -0.39 is 0 Å². The van der Waals surface area contributed by atoms with Crippen molar-refractivity contribution in [2.45, 2.75) is 31.6 Å². The second-order valence-electron chi connectivity index (χ2n) is 3.81. The van der Waals surface area contributed by atoms with E-state index in [0.29, 0.717) is 6.54 Å². The van der Waals surface area contributed by atoms with Gasteiger partial charge in [0.15, 0.2) is 0 Å². The summed E-state index contributed by atoms with van der Waals surface area (Å²) in [5, 5.41) is 3.14. The standard InChI is InChI=1S/C14H19NOS/c1-3-8-13(4-2)17-14(16)15-11-12-9-6-5-7-10-12/h4-7,9-10,13H,2-3,8,11H2,1H3,(H,15,16)/t13-/m0/s1. The number of carbonyl (C=O) groups is 1. The van der Waals surface area contributed by atoms with Gasteiger partial charge in [-0.1, -0.05) is 61.5 Å². The first-order valence-corrected chi connectivity index (χ1v) is 6.75. The third kappa shape index (κ3) is 5.59. The highest BCUT2D eigenvalue weighted by Gasteiger charge is 2.09. The molecule has 0 radical (unpaired) electrons. The number of hydrogen-bond donors (Lipinski definition) is 1. The van der Waals surface area contributed by atoms with Gasteiger partial charge in [0.1, 0.15) is 0 Å². The highest BCUT2D eigenvalue weighted by molar-refractivity contribution is 8.14. The number of amides is 1. The Morgan fingerprint density at radius 3 is 2.76 bits per heavy atom. The SMILES string of the molecule is C=C[C@@H](CCC)SC(=O)NCc1ccccc1. The lowest BCUT2D eigenvalue weighted by Gasteiger charge is -2.10. The van der Waals surface area contributed by atoms with Crippen LogP contribution in [-0.2, 0) is 6.54 Å². The minimum atomic E-state index is 0.0206. The molecule has 0 saturated carbocycles. The first-order chi connectivity index (χ1) is 8.26. The first-order valence-electron chi connectivity index (χ1n) is 5.87. The summed E-state index contributed by atoms with van der Waals surface area (Å²) < 4.78 is 0. The molecule has 0 spiro atoms. The maximum atomic E-state index is 11.7. The summed E-state index contributed by atoms with van der Waals surface area (Å²) in [5.74, 6) is 0. The van der Waals surface area contributed by atoms with Gasteiger partial charge in [-0.2, -0.15) is 0 Å². The van der Waals surface area contributed by atoms with Gasteiger partial charge in [-0.05, 0) is 12.0 Å². The highest BCUT2D eigenvalue weighted by Crippen LogP contribution is 2.18. The van der Waals surface area contributed by atoms with E-state index in [9.17, 15) is 4.79 Å². The Hall–Kier alpha value is -1.22. The zero-order valence-electron chi connectivity index (χ0n) is 10.2. The highest BCUT2D eigenvalue weighted by atomic mass is 32.2. The Morgan fingerprint density at radius 2 is 2.18 bits per heavy atom. The maximum Gasteiger partial charge on any atom is 0.279 e. The second-order valence-corrected chi connectivity index (χ2v) is 5.02. The van der Waals surface area contributed by atoms with Crippen LogP contribution in [0, 0.1) is 0 Å². The van der Waals surface area contributed by atoms with E-state index in [0.717, 1.165) is 18.4 Å². The lowest BCUT2D eigenvalue weighted by atomic mass is 10.2. The Morgan fingerprint density at radius 1 is 1.47 bits per heavy atom. The van der Waals surface area contributed by atoms with Crippen molar-refractivity contribution in [1.29, 1.82) is 0 Å². The molecule has 0 saturated heterocycles. The van der Waals surface area contributed by atoms with Gasteiger partial charge in [-0.25, -0.2) is 0 Å². The normalized spacial score (nSPS) is 11.8. The van der Waals surface area contributed by atoms with Crippen molar-refractivity contribution < 1.29 is 4.79 Å². The minimum absolute atomic E-state index is 0.0206. The van der Waals surface area contributed by atoms with Crippen LogP contribution in [0.25, 0.3) is 0 Å². The Labute approximate surface area is 107 Å². The summed E-state index contributed by atoms with van der Waals surface area (Å²) in [6.45, 7) is 6.45. The third-order valence-corrected chi connectivity index (χ3v) is 3.46. The molecule has 0 aliphatic rings. The molecule has 1 aromatic rings. The van der Waals surface area contributed by atoms with Crippen molar-refractivity contribution in [3.05, 3.63) is 48.6 Å². The quantitative estimate of drug-likeness (QED) is 0.772. The van der Waals surface area contributed by atoms with Crippen LogP contribution in [-0.4, -0.2) is 10.5 Å². The lowest BCUT2D eigenvalue weighted by Crippen LogP contribution is -2.20. The van der Waals surface area contributed by atoms with Crippen LogP contribution in [0.4, 0.5) is 4.79 Å². The monoisotopic (exact) mass is 249 g/mol. The summed E-state index contributed by atoms with van der Waals surface area (Å²) in [7, 11) is 0. The third-order valence-electron chi connectivity index (χ3n) is 2.37. The molecule has 0 bridgehead atoms. The largest absolute Gasteiger partial charge is 0.343 e. The number of rotatable bonds is 6. The lowest BCUT2D eigenvalue weighted by molar-refractivity contribution is 0.260. The van der Waals surface area contributed by atoms with Crippen molar-refractivity contribution >= 4 is 17.0 Å². The predicted molar refractivity (Wildman–Crippen MR) is 75.2 cm³/mol. The van der Waals surface area contributed by atoms with Gasteiger partial charge in [-0.3, -0.25) is 4.79 Å². The molecule has 1 rings (SSSR count). The molecule has 1 N–H and O–H groups in total. The number of nitrogens with one attached hydrogen (secondary N) is 1. The molecule has 0 aromatic heterocycles. The van der Waals surface area contributed by atoms with E-state index in [1.54, 1.807) is 0 Å². The Kier molecular flexibility index (Phi) is 6.48. The molecule has 0 aliphatic carbocycles. The summed E-state index contributed by atoms with van der Waals surface area (Å²) in [6.07, 6.45) is 3.90. The van der Waals surface area contributed by atoms with Crippen LogP contribution < -0.4 is 5.32 Å². The molecule has 2 nitrogen and oxygen atoms in total. The molecule has 92 valence electrons. The fourth-order valence-electron chi connectivity index (χ4n) is 1.46. The molecule has 0 aliphatic heterocycles. The molecule has 0 heterocycles. The van der Waals surface area contributed by atoms with Gasteiger partial charge >= 0.3 is 0 Å². The summed E-state index contributed by atoms with van der Waals surface area (Å²) in [4.78, 5) is 11.7. The summed E-state index contributed by atoms with van der Waals surface area (Å²) >= 11 is 1.32. The average Bonchev–Trinajstić information content (AvgIpc) is 2.37. The van der Waals surface area contributed by atoms with Crippen molar-refractivity contribution in [3.8, 4) is 0 Å². The van der Waals surface area contributed by atoms with Crippen molar-refractivity contribution in [1.82, 2.24) is 5.32 Å². The molecule has 1 aromatic carbocycles. The van der Waals surface area contributed by atoms with Crippen molar-refractivity contribution in [2.75, 3.05) is 0 Å². The van der Waals surface area contributed by atoms with Crippen molar-refractivity contribution in [3.63, 3.8) is 0 Å². The maximum absolute atomic E-state index is 11.7. The van der Waals surface area contributed by atoms with Gasteiger partial charge < -0.3 is 5.32 Å². The van der Waals surface area contributed by atoms with E-state index in [-0.39, 0.29) is 10.5 Å².